The van der Waals surface area contributed by atoms with Crippen molar-refractivity contribution in [3.63, 3.8) is 0 Å². The first-order valence-corrected chi connectivity index (χ1v) is 12.9. The molecule has 1 aromatic carbocycles. The smallest absolute Gasteiger partial charge is 0.228 e. The zero-order chi connectivity index (χ0) is 18.8. The SMILES string of the molecule is C[C@@H](O[Si](C)(C)C(C)(C)C)[C@H]1C(=O)N[C@@H]1CC(=S)Sc1ccccc1. The van der Waals surface area contributed by atoms with E-state index in [9.17, 15) is 4.79 Å². The predicted octanol–water partition coefficient (Wildman–Crippen LogP) is 5.02. The maximum atomic E-state index is 12.1. The highest BCUT2D eigenvalue weighted by molar-refractivity contribution is 8.23. The minimum Gasteiger partial charge on any atom is -0.413 e. The standard InChI is InChI=1S/C19H29NO2S2Si/c1-13(22-25(5,6)19(2,3)4)17-15(20-18(17)21)12-16(23)24-14-10-8-7-9-11-14/h7-11,13,15,17H,12H2,1-6H3,(H,20,21)/t13-,15-,17-/m1/s1. The zero-order valence-corrected chi connectivity index (χ0v) is 18.6. The molecule has 1 heterocycles. The van der Waals surface area contributed by atoms with Crippen molar-refractivity contribution in [3.8, 4) is 0 Å². The summed E-state index contributed by atoms with van der Waals surface area (Å²) in [4.78, 5) is 13.3. The van der Waals surface area contributed by atoms with Crippen LogP contribution in [0, 0.1) is 5.92 Å². The molecular weight excluding hydrogens is 366 g/mol. The number of benzene rings is 1. The molecule has 0 saturated carbocycles. The first kappa shape index (κ1) is 20.6. The van der Waals surface area contributed by atoms with Gasteiger partial charge in [-0.2, -0.15) is 0 Å². The predicted molar refractivity (Wildman–Crippen MR) is 113 cm³/mol. The van der Waals surface area contributed by atoms with E-state index in [4.69, 9.17) is 16.6 Å². The summed E-state index contributed by atoms with van der Waals surface area (Å²) in [5.74, 6) is -0.0211. The van der Waals surface area contributed by atoms with Gasteiger partial charge in [0.1, 0.15) is 0 Å². The average Bonchev–Trinajstić information content (AvgIpc) is 2.45. The topological polar surface area (TPSA) is 38.3 Å². The summed E-state index contributed by atoms with van der Waals surface area (Å²) in [5, 5.41) is 3.14. The fourth-order valence-corrected chi connectivity index (χ4v) is 5.45. The summed E-state index contributed by atoms with van der Waals surface area (Å²) in [7, 11) is -1.89. The van der Waals surface area contributed by atoms with Gasteiger partial charge in [0.25, 0.3) is 0 Å². The molecule has 0 aromatic heterocycles. The van der Waals surface area contributed by atoms with Crippen molar-refractivity contribution >= 4 is 42.4 Å². The van der Waals surface area contributed by atoms with Crippen LogP contribution in [0.15, 0.2) is 35.2 Å². The Morgan fingerprint density at radius 2 is 1.92 bits per heavy atom. The molecule has 6 heteroatoms. The lowest BCUT2D eigenvalue weighted by molar-refractivity contribution is -0.139. The molecule has 1 aliphatic heterocycles. The van der Waals surface area contributed by atoms with E-state index in [1.807, 2.05) is 25.1 Å². The third kappa shape index (κ3) is 5.15. The van der Waals surface area contributed by atoms with Crippen molar-refractivity contribution in [2.45, 2.75) is 69.3 Å². The van der Waals surface area contributed by atoms with Crippen molar-refractivity contribution < 1.29 is 9.22 Å². The summed E-state index contributed by atoms with van der Waals surface area (Å²) >= 11 is 7.14. The van der Waals surface area contributed by atoms with Crippen LogP contribution in [0.5, 0.6) is 0 Å². The van der Waals surface area contributed by atoms with Crippen molar-refractivity contribution in [2.24, 2.45) is 5.92 Å². The number of carbonyl (C=O) groups is 1. The molecule has 25 heavy (non-hydrogen) atoms. The number of rotatable bonds is 6. The normalized spacial score (nSPS) is 22.1. The highest BCUT2D eigenvalue weighted by Gasteiger charge is 2.47. The van der Waals surface area contributed by atoms with Crippen LogP contribution in [-0.4, -0.2) is 30.6 Å². The highest BCUT2D eigenvalue weighted by Crippen LogP contribution is 2.39. The molecule has 2 rings (SSSR count). The summed E-state index contributed by atoms with van der Waals surface area (Å²) in [6, 6.07) is 10.2. The number of nitrogens with one attached hydrogen (secondary N) is 1. The molecule has 1 aromatic rings. The van der Waals surface area contributed by atoms with Gasteiger partial charge in [-0.05, 0) is 37.2 Å². The van der Waals surface area contributed by atoms with E-state index >= 15 is 0 Å². The molecule has 1 aliphatic rings. The largest absolute Gasteiger partial charge is 0.413 e. The van der Waals surface area contributed by atoms with Crippen LogP contribution < -0.4 is 5.32 Å². The fraction of sp³-hybridized carbons (Fsp3) is 0.579. The molecule has 3 nitrogen and oxygen atoms in total. The quantitative estimate of drug-likeness (QED) is 0.318. The Bertz CT molecular complexity index is 628. The van der Waals surface area contributed by atoms with Gasteiger partial charge in [-0.1, -0.05) is 63.0 Å². The molecule has 1 saturated heterocycles. The summed E-state index contributed by atoms with van der Waals surface area (Å²) < 4.78 is 7.34. The second kappa shape index (κ2) is 7.90. The van der Waals surface area contributed by atoms with Crippen molar-refractivity contribution in [1.82, 2.24) is 5.32 Å². The summed E-state index contributed by atoms with van der Waals surface area (Å²) in [5.41, 5.74) is 0. The van der Waals surface area contributed by atoms with Crippen LogP contribution in [0.2, 0.25) is 18.1 Å². The lowest BCUT2D eigenvalue weighted by atomic mass is 9.84. The van der Waals surface area contributed by atoms with Gasteiger partial charge in [-0.15, -0.1) is 0 Å². The lowest BCUT2D eigenvalue weighted by Gasteiger charge is -2.45. The first-order valence-electron chi connectivity index (χ1n) is 8.75. The van der Waals surface area contributed by atoms with Crippen LogP contribution in [0.1, 0.15) is 34.1 Å². The van der Waals surface area contributed by atoms with E-state index in [1.165, 1.54) is 0 Å². The Balaban J connectivity index is 1.94. The van der Waals surface area contributed by atoms with Crippen molar-refractivity contribution in [3.05, 3.63) is 30.3 Å². The fourth-order valence-electron chi connectivity index (χ4n) is 2.73. The molecule has 0 unspecified atom stereocenters. The molecule has 0 bridgehead atoms. The molecule has 0 spiro atoms. The van der Waals surface area contributed by atoms with E-state index in [0.29, 0.717) is 6.42 Å². The lowest BCUT2D eigenvalue weighted by Crippen LogP contribution is -2.64. The number of carbonyl (C=O) groups excluding carboxylic acids is 1. The van der Waals surface area contributed by atoms with Crippen molar-refractivity contribution in [1.29, 1.82) is 0 Å². The Hall–Kier alpha value is -0.693. The number of thiocarbonyl (C=S) groups is 1. The number of amides is 1. The van der Waals surface area contributed by atoms with Crippen LogP contribution in [0.3, 0.4) is 0 Å². The van der Waals surface area contributed by atoms with Gasteiger partial charge in [0, 0.05) is 17.4 Å². The maximum Gasteiger partial charge on any atom is 0.228 e. The van der Waals surface area contributed by atoms with Crippen molar-refractivity contribution in [2.75, 3.05) is 0 Å². The number of β-lactam (4-membered cyclic amide) rings is 1. The third-order valence-electron chi connectivity index (χ3n) is 5.22. The van der Waals surface area contributed by atoms with E-state index in [-0.39, 0.29) is 29.0 Å². The molecule has 0 aliphatic carbocycles. The summed E-state index contributed by atoms with van der Waals surface area (Å²) in [6.07, 6.45) is 0.625. The maximum absolute atomic E-state index is 12.1. The van der Waals surface area contributed by atoms with Crippen LogP contribution in [0.25, 0.3) is 0 Å². The van der Waals surface area contributed by atoms with E-state index < -0.39 is 8.32 Å². The Morgan fingerprint density at radius 1 is 1.32 bits per heavy atom. The van der Waals surface area contributed by atoms with Gasteiger partial charge in [0.05, 0.1) is 16.2 Å². The second-order valence-corrected chi connectivity index (χ2v) is 14.9. The van der Waals surface area contributed by atoms with Gasteiger partial charge >= 0.3 is 0 Å². The Labute approximate surface area is 162 Å². The Kier molecular flexibility index (Phi) is 6.52. The average molecular weight is 396 g/mol. The van der Waals surface area contributed by atoms with Crippen LogP contribution >= 0.6 is 24.0 Å². The van der Waals surface area contributed by atoms with Gasteiger partial charge < -0.3 is 9.74 Å². The molecule has 3 atom stereocenters. The first-order chi connectivity index (χ1) is 11.5. The molecule has 0 radical (unpaired) electrons. The van der Waals surface area contributed by atoms with E-state index in [0.717, 1.165) is 9.09 Å². The monoisotopic (exact) mass is 395 g/mol. The molecular formula is C19H29NO2S2Si. The van der Waals surface area contributed by atoms with Gasteiger partial charge in [-0.3, -0.25) is 4.79 Å². The molecule has 1 fully saturated rings. The highest BCUT2D eigenvalue weighted by atomic mass is 32.2. The van der Waals surface area contributed by atoms with Crippen LogP contribution in [-0.2, 0) is 9.22 Å². The minimum absolute atomic E-state index is 0.0795. The molecule has 1 amide bonds. The molecule has 1 N–H and O–H groups in total. The van der Waals surface area contributed by atoms with Gasteiger partial charge in [0.15, 0.2) is 8.32 Å². The van der Waals surface area contributed by atoms with E-state index in [2.05, 4.69) is 51.3 Å². The van der Waals surface area contributed by atoms with Gasteiger partial charge in [-0.25, -0.2) is 0 Å². The third-order valence-corrected chi connectivity index (χ3v) is 11.1. The van der Waals surface area contributed by atoms with Crippen LogP contribution in [0.4, 0.5) is 0 Å². The summed E-state index contributed by atoms with van der Waals surface area (Å²) in [6.45, 7) is 13.1. The molecule has 138 valence electrons. The van der Waals surface area contributed by atoms with E-state index in [1.54, 1.807) is 11.8 Å². The number of hydrogen-bond donors (Lipinski definition) is 1. The van der Waals surface area contributed by atoms with Gasteiger partial charge in [0.2, 0.25) is 5.91 Å². The minimum atomic E-state index is -1.89. The zero-order valence-electron chi connectivity index (χ0n) is 16.0. The second-order valence-electron chi connectivity index (χ2n) is 8.22. The number of thioether (sulfide) groups is 1. The number of hydrogen-bond acceptors (Lipinski definition) is 4. The Morgan fingerprint density at radius 3 is 2.44 bits per heavy atom.